The second-order valence-electron chi connectivity index (χ2n) is 4.65. The summed E-state index contributed by atoms with van der Waals surface area (Å²) in [5.41, 5.74) is 7.48. The Kier molecular flexibility index (Phi) is 7.17. The SMILES string of the molecule is CCNC(=O)CCCC(=O)NCCc1ccc(N)cc1. The first-order chi connectivity index (χ1) is 9.61. The van der Waals surface area contributed by atoms with E-state index in [0.29, 0.717) is 32.4 Å². The van der Waals surface area contributed by atoms with Gasteiger partial charge in [-0.25, -0.2) is 0 Å². The quantitative estimate of drug-likeness (QED) is 0.625. The van der Waals surface area contributed by atoms with Gasteiger partial charge in [0.15, 0.2) is 0 Å². The maximum absolute atomic E-state index is 11.6. The Hall–Kier alpha value is -2.04. The highest BCUT2D eigenvalue weighted by Crippen LogP contribution is 2.05. The van der Waals surface area contributed by atoms with Gasteiger partial charge in [0.05, 0.1) is 0 Å². The first kappa shape index (κ1) is 16.0. The third-order valence-corrected chi connectivity index (χ3v) is 2.90. The standard InChI is InChI=1S/C15H23N3O2/c1-2-17-14(19)4-3-5-15(20)18-11-10-12-6-8-13(16)9-7-12/h6-9H,2-5,10-11,16H2,1H3,(H,17,19)(H,18,20). The fourth-order valence-corrected chi connectivity index (χ4v) is 1.81. The molecule has 110 valence electrons. The summed E-state index contributed by atoms with van der Waals surface area (Å²) in [5.74, 6) is -0.00748. The lowest BCUT2D eigenvalue weighted by molar-refractivity contribution is -0.122. The van der Waals surface area contributed by atoms with Crippen molar-refractivity contribution in [3.05, 3.63) is 29.8 Å². The van der Waals surface area contributed by atoms with Gasteiger partial charge in [0.1, 0.15) is 0 Å². The number of benzene rings is 1. The van der Waals surface area contributed by atoms with E-state index in [1.54, 1.807) is 0 Å². The molecule has 0 saturated carbocycles. The lowest BCUT2D eigenvalue weighted by Crippen LogP contribution is -2.26. The molecule has 1 rings (SSSR count). The number of nitrogens with one attached hydrogen (secondary N) is 2. The molecule has 4 N–H and O–H groups in total. The number of carbonyl (C=O) groups is 2. The molecule has 1 aromatic carbocycles. The van der Waals surface area contributed by atoms with Gasteiger partial charge < -0.3 is 16.4 Å². The van der Waals surface area contributed by atoms with E-state index < -0.39 is 0 Å². The maximum Gasteiger partial charge on any atom is 0.220 e. The molecule has 0 fully saturated rings. The molecule has 0 aliphatic carbocycles. The molecule has 0 spiro atoms. The molecule has 0 saturated heterocycles. The van der Waals surface area contributed by atoms with E-state index in [4.69, 9.17) is 5.73 Å². The van der Waals surface area contributed by atoms with Crippen LogP contribution in [0.15, 0.2) is 24.3 Å². The smallest absolute Gasteiger partial charge is 0.220 e. The van der Waals surface area contributed by atoms with Crippen LogP contribution in [0.4, 0.5) is 5.69 Å². The Labute approximate surface area is 119 Å². The molecule has 0 bridgehead atoms. The molecule has 5 nitrogen and oxygen atoms in total. The van der Waals surface area contributed by atoms with E-state index in [1.807, 2.05) is 31.2 Å². The van der Waals surface area contributed by atoms with Gasteiger partial charge in [-0.3, -0.25) is 9.59 Å². The monoisotopic (exact) mass is 277 g/mol. The third kappa shape index (κ3) is 6.78. The molecule has 0 unspecified atom stereocenters. The van der Waals surface area contributed by atoms with Crippen molar-refractivity contribution in [2.75, 3.05) is 18.8 Å². The fraction of sp³-hybridized carbons (Fsp3) is 0.467. The van der Waals surface area contributed by atoms with Crippen LogP contribution in [0, 0.1) is 0 Å². The molecule has 2 amide bonds. The van der Waals surface area contributed by atoms with Crippen molar-refractivity contribution in [1.82, 2.24) is 10.6 Å². The van der Waals surface area contributed by atoms with Gasteiger partial charge in [0, 0.05) is 31.6 Å². The predicted molar refractivity (Wildman–Crippen MR) is 80.1 cm³/mol. The van der Waals surface area contributed by atoms with Crippen molar-refractivity contribution in [3.63, 3.8) is 0 Å². The van der Waals surface area contributed by atoms with Crippen LogP contribution in [0.25, 0.3) is 0 Å². The predicted octanol–water partition coefficient (Wildman–Crippen LogP) is 1.23. The van der Waals surface area contributed by atoms with Crippen molar-refractivity contribution < 1.29 is 9.59 Å². The Balaban J connectivity index is 2.11. The minimum Gasteiger partial charge on any atom is -0.399 e. The number of hydrogen-bond donors (Lipinski definition) is 3. The van der Waals surface area contributed by atoms with Gasteiger partial charge in [-0.15, -0.1) is 0 Å². The highest BCUT2D eigenvalue weighted by molar-refractivity contribution is 5.78. The average Bonchev–Trinajstić information content (AvgIpc) is 2.41. The van der Waals surface area contributed by atoms with Crippen LogP contribution in [0.1, 0.15) is 31.7 Å². The number of carbonyl (C=O) groups excluding carboxylic acids is 2. The second-order valence-corrected chi connectivity index (χ2v) is 4.65. The van der Waals surface area contributed by atoms with E-state index in [-0.39, 0.29) is 11.8 Å². The van der Waals surface area contributed by atoms with Crippen LogP contribution in [0.3, 0.4) is 0 Å². The van der Waals surface area contributed by atoms with Gasteiger partial charge in [-0.05, 0) is 37.5 Å². The number of anilines is 1. The van der Waals surface area contributed by atoms with Crippen molar-refractivity contribution in [2.45, 2.75) is 32.6 Å². The molecule has 0 radical (unpaired) electrons. The molecular weight excluding hydrogens is 254 g/mol. The Morgan fingerprint density at radius 2 is 1.65 bits per heavy atom. The minimum absolute atomic E-state index is 0.00201. The van der Waals surface area contributed by atoms with Crippen LogP contribution >= 0.6 is 0 Å². The normalized spacial score (nSPS) is 10.1. The van der Waals surface area contributed by atoms with E-state index in [9.17, 15) is 9.59 Å². The Bertz CT molecular complexity index is 429. The molecular formula is C15H23N3O2. The van der Waals surface area contributed by atoms with Crippen LogP contribution in [-0.2, 0) is 16.0 Å². The molecule has 0 aromatic heterocycles. The van der Waals surface area contributed by atoms with E-state index in [2.05, 4.69) is 10.6 Å². The molecule has 0 atom stereocenters. The highest BCUT2D eigenvalue weighted by atomic mass is 16.2. The van der Waals surface area contributed by atoms with Crippen LogP contribution in [0.2, 0.25) is 0 Å². The van der Waals surface area contributed by atoms with Gasteiger partial charge in [0.2, 0.25) is 11.8 Å². The van der Waals surface area contributed by atoms with Gasteiger partial charge in [-0.1, -0.05) is 12.1 Å². The van der Waals surface area contributed by atoms with Gasteiger partial charge in [0.25, 0.3) is 0 Å². The largest absolute Gasteiger partial charge is 0.399 e. The molecule has 0 aliphatic rings. The highest BCUT2D eigenvalue weighted by Gasteiger charge is 2.04. The van der Waals surface area contributed by atoms with Crippen molar-refractivity contribution in [2.24, 2.45) is 0 Å². The first-order valence-electron chi connectivity index (χ1n) is 6.99. The van der Waals surface area contributed by atoms with Crippen molar-refractivity contribution in [1.29, 1.82) is 0 Å². The second kappa shape index (κ2) is 8.96. The summed E-state index contributed by atoms with van der Waals surface area (Å²) in [6.45, 7) is 3.11. The molecule has 1 aromatic rings. The molecule has 0 heterocycles. The number of hydrogen-bond acceptors (Lipinski definition) is 3. The summed E-state index contributed by atoms with van der Waals surface area (Å²) >= 11 is 0. The summed E-state index contributed by atoms with van der Waals surface area (Å²) in [6, 6.07) is 7.61. The topological polar surface area (TPSA) is 84.2 Å². The first-order valence-corrected chi connectivity index (χ1v) is 6.99. The molecule has 0 aliphatic heterocycles. The van der Waals surface area contributed by atoms with Crippen molar-refractivity contribution in [3.8, 4) is 0 Å². The van der Waals surface area contributed by atoms with Gasteiger partial charge in [-0.2, -0.15) is 0 Å². The summed E-state index contributed by atoms with van der Waals surface area (Å²) in [7, 11) is 0. The lowest BCUT2D eigenvalue weighted by Gasteiger charge is -2.06. The van der Waals surface area contributed by atoms with Crippen LogP contribution < -0.4 is 16.4 Å². The molecule has 5 heteroatoms. The maximum atomic E-state index is 11.6. The number of nitrogen functional groups attached to an aromatic ring is 1. The van der Waals surface area contributed by atoms with Crippen LogP contribution in [0.5, 0.6) is 0 Å². The Morgan fingerprint density at radius 1 is 1.05 bits per heavy atom. The summed E-state index contributed by atoms with van der Waals surface area (Å²) in [5, 5.41) is 5.56. The van der Waals surface area contributed by atoms with Crippen LogP contribution in [-0.4, -0.2) is 24.9 Å². The number of amides is 2. The summed E-state index contributed by atoms with van der Waals surface area (Å²) in [6.07, 6.45) is 2.15. The average molecular weight is 277 g/mol. The van der Waals surface area contributed by atoms with E-state index in [1.165, 1.54) is 0 Å². The zero-order valence-corrected chi connectivity index (χ0v) is 11.9. The fourth-order valence-electron chi connectivity index (χ4n) is 1.81. The number of nitrogens with two attached hydrogens (primary N) is 1. The minimum atomic E-state index is -0.00950. The third-order valence-electron chi connectivity index (χ3n) is 2.90. The summed E-state index contributed by atoms with van der Waals surface area (Å²) < 4.78 is 0. The number of rotatable bonds is 8. The zero-order chi connectivity index (χ0) is 14.8. The zero-order valence-electron chi connectivity index (χ0n) is 11.9. The molecule has 20 heavy (non-hydrogen) atoms. The van der Waals surface area contributed by atoms with Crippen molar-refractivity contribution >= 4 is 17.5 Å². The summed E-state index contributed by atoms with van der Waals surface area (Å²) in [4.78, 5) is 22.8. The van der Waals surface area contributed by atoms with E-state index in [0.717, 1.165) is 17.7 Å². The van der Waals surface area contributed by atoms with Gasteiger partial charge >= 0.3 is 0 Å². The Morgan fingerprint density at radius 3 is 2.25 bits per heavy atom. The van der Waals surface area contributed by atoms with E-state index >= 15 is 0 Å². The lowest BCUT2D eigenvalue weighted by atomic mass is 10.1.